The van der Waals surface area contributed by atoms with Gasteiger partial charge in [-0.15, -0.1) is 0 Å². The largest absolute Gasteiger partial charge is 0.493 e. The second kappa shape index (κ2) is 7.81. The molecular formula is C20H22ClNO3. The molecule has 4 nitrogen and oxygen atoms in total. The molecule has 0 saturated heterocycles. The van der Waals surface area contributed by atoms with Crippen LogP contribution in [0.3, 0.4) is 0 Å². The van der Waals surface area contributed by atoms with Gasteiger partial charge < -0.3 is 19.2 Å². The summed E-state index contributed by atoms with van der Waals surface area (Å²) in [6.45, 7) is 5.17. The van der Waals surface area contributed by atoms with E-state index in [0.29, 0.717) is 29.7 Å². The fraction of sp³-hybridized carbons (Fsp3) is 0.300. The number of furan rings is 1. The van der Waals surface area contributed by atoms with Gasteiger partial charge >= 0.3 is 0 Å². The number of rotatable bonds is 7. The summed E-state index contributed by atoms with van der Waals surface area (Å²) in [6.07, 6.45) is 0. The van der Waals surface area contributed by atoms with Gasteiger partial charge in [-0.1, -0.05) is 29.8 Å². The Morgan fingerprint density at radius 3 is 2.72 bits per heavy atom. The third-order valence-corrected chi connectivity index (χ3v) is 4.34. The summed E-state index contributed by atoms with van der Waals surface area (Å²) in [4.78, 5) is 0. The number of fused-ring (bicyclic) bond motifs is 1. The molecule has 3 aromatic rings. The van der Waals surface area contributed by atoms with Crippen LogP contribution in [0.2, 0.25) is 5.02 Å². The van der Waals surface area contributed by atoms with Gasteiger partial charge in [0.2, 0.25) is 0 Å². The Labute approximate surface area is 152 Å². The van der Waals surface area contributed by atoms with Crippen molar-refractivity contribution in [3.63, 3.8) is 0 Å². The van der Waals surface area contributed by atoms with E-state index in [4.69, 9.17) is 25.5 Å². The number of nitrogens with one attached hydrogen (secondary N) is 1. The molecule has 25 heavy (non-hydrogen) atoms. The van der Waals surface area contributed by atoms with Crippen molar-refractivity contribution in [2.45, 2.75) is 26.4 Å². The fourth-order valence-electron chi connectivity index (χ4n) is 2.75. The quantitative estimate of drug-likeness (QED) is 0.618. The molecular weight excluding hydrogens is 338 g/mol. The summed E-state index contributed by atoms with van der Waals surface area (Å²) >= 11 is 6.33. The van der Waals surface area contributed by atoms with Crippen LogP contribution in [0.4, 0.5) is 0 Å². The fourth-order valence-corrected chi connectivity index (χ4v) is 3.03. The second-order valence-electron chi connectivity index (χ2n) is 5.83. The topological polar surface area (TPSA) is 43.6 Å². The maximum absolute atomic E-state index is 6.33. The molecule has 1 heterocycles. The summed E-state index contributed by atoms with van der Waals surface area (Å²) in [5.41, 5.74) is 1.92. The highest BCUT2D eigenvalue weighted by Gasteiger charge is 2.14. The summed E-state index contributed by atoms with van der Waals surface area (Å²) in [7, 11) is 1.61. The minimum Gasteiger partial charge on any atom is -0.493 e. The monoisotopic (exact) mass is 359 g/mol. The average molecular weight is 360 g/mol. The summed E-state index contributed by atoms with van der Waals surface area (Å²) in [5.74, 6) is 2.13. The molecule has 0 aliphatic heterocycles. The number of halogens is 1. The predicted molar refractivity (Wildman–Crippen MR) is 101 cm³/mol. The Bertz CT molecular complexity index is 826. The number of ether oxygens (including phenoxy) is 2. The lowest BCUT2D eigenvalue weighted by molar-refractivity contribution is 0.310. The van der Waals surface area contributed by atoms with Crippen LogP contribution in [-0.4, -0.2) is 13.7 Å². The van der Waals surface area contributed by atoms with E-state index in [-0.39, 0.29) is 6.04 Å². The zero-order valence-electron chi connectivity index (χ0n) is 14.6. The van der Waals surface area contributed by atoms with Gasteiger partial charge in [0.1, 0.15) is 11.3 Å². The highest BCUT2D eigenvalue weighted by molar-refractivity contribution is 6.32. The van der Waals surface area contributed by atoms with Crippen LogP contribution in [0.25, 0.3) is 11.0 Å². The smallest absolute Gasteiger partial charge is 0.179 e. The molecule has 0 amide bonds. The summed E-state index contributed by atoms with van der Waals surface area (Å²) < 4.78 is 16.8. The molecule has 1 N–H and O–H groups in total. The number of benzene rings is 2. The SMILES string of the molecule is CCOc1c(Cl)cc(CNC(C)c2cc3ccccc3o2)cc1OC. The van der Waals surface area contributed by atoms with E-state index in [1.54, 1.807) is 7.11 Å². The molecule has 0 saturated carbocycles. The van der Waals surface area contributed by atoms with Gasteiger partial charge in [-0.05, 0) is 43.7 Å². The maximum Gasteiger partial charge on any atom is 0.179 e. The van der Waals surface area contributed by atoms with Gasteiger partial charge in [-0.3, -0.25) is 0 Å². The zero-order chi connectivity index (χ0) is 17.8. The summed E-state index contributed by atoms with van der Waals surface area (Å²) in [5, 5.41) is 5.12. The lowest BCUT2D eigenvalue weighted by atomic mass is 10.1. The van der Waals surface area contributed by atoms with Crippen molar-refractivity contribution in [2.24, 2.45) is 0 Å². The Balaban J connectivity index is 1.73. The number of methoxy groups -OCH3 is 1. The summed E-state index contributed by atoms with van der Waals surface area (Å²) in [6, 6.07) is 14.0. The van der Waals surface area contributed by atoms with E-state index in [1.165, 1.54) is 0 Å². The van der Waals surface area contributed by atoms with Crippen LogP contribution in [0, 0.1) is 0 Å². The third kappa shape index (κ3) is 3.91. The molecule has 0 bridgehead atoms. The lowest BCUT2D eigenvalue weighted by Crippen LogP contribution is -2.17. The molecule has 0 fully saturated rings. The van der Waals surface area contributed by atoms with Gasteiger partial charge in [0.15, 0.2) is 11.5 Å². The van der Waals surface area contributed by atoms with Crippen molar-refractivity contribution in [3.05, 3.63) is 58.8 Å². The molecule has 0 aliphatic rings. The number of para-hydroxylation sites is 1. The molecule has 1 aromatic heterocycles. The first-order chi connectivity index (χ1) is 12.1. The average Bonchev–Trinajstić information content (AvgIpc) is 3.05. The van der Waals surface area contributed by atoms with Crippen LogP contribution in [0.5, 0.6) is 11.5 Å². The standard InChI is InChI=1S/C20H22ClNO3/c1-4-24-20-16(21)9-14(10-19(20)23-3)12-22-13(2)18-11-15-7-5-6-8-17(15)25-18/h5-11,13,22H,4,12H2,1-3H3. The van der Waals surface area contributed by atoms with Gasteiger partial charge in [0, 0.05) is 11.9 Å². The van der Waals surface area contributed by atoms with Crippen LogP contribution >= 0.6 is 11.6 Å². The number of hydrogen-bond acceptors (Lipinski definition) is 4. The van der Waals surface area contributed by atoms with Crippen molar-refractivity contribution in [2.75, 3.05) is 13.7 Å². The highest BCUT2D eigenvalue weighted by atomic mass is 35.5. The van der Waals surface area contributed by atoms with Crippen LogP contribution < -0.4 is 14.8 Å². The Morgan fingerprint density at radius 2 is 2.00 bits per heavy atom. The molecule has 0 spiro atoms. The van der Waals surface area contributed by atoms with Crippen LogP contribution in [0.1, 0.15) is 31.2 Å². The van der Waals surface area contributed by atoms with Crippen molar-refractivity contribution in [1.82, 2.24) is 5.32 Å². The Kier molecular flexibility index (Phi) is 5.51. The first-order valence-corrected chi connectivity index (χ1v) is 8.71. The third-order valence-electron chi connectivity index (χ3n) is 4.06. The normalized spacial score (nSPS) is 12.3. The van der Waals surface area contributed by atoms with Gasteiger partial charge in [-0.2, -0.15) is 0 Å². The minimum absolute atomic E-state index is 0.0729. The van der Waals surface area contributed by atoms with E-state index in [2.05, 4.69) is 18.3 Å². The van der Waals surface area contributed by atoms with E-state index in [9.17, 15) is 0 Å². The minimum atomic E-state index is 0.0729. The Morgan fingerprint density at radius 1 is 1.20 bits per heavy atom. The Hall–Kier alpha value is -2.17. The zero-order valence-corrected chi connectivity index (χ0v) is 15.4. The highest BCUT2D eigenvalue weighted by Crippen LogP contribution is 2.36. The molecule has 0 radical (unpaired) electrons. The first-order valence-electron chi connectivity index (χ1n) is 8.33. The first kappa shape index (κ1) is 17.6. The molecule has 1 unspecified atom stereocenters. The van der Waals surface area contributed by atoms with E-state index in [1.807, 2.05) is 43.3 Å². The van der Waals surface area contributed by atoms with E-state index >= 15 is 0 Å². The van der Waals surface area contributed by atoms with Crippen LogP contribution in [-0.2, 0) is 6.54 Å². The molecule has 2 aromatic carbocycles. The van der Waals surface area contributed by atoms with E-state index < -0.39 is 0 Å². The lowest BCUT2D eigenvalue weighted by Gasteiger charge is -2.15. The van der Waals surface area contributed by atoms with Crippen LogP contribution in [0.15, 0.2) is 46.9 Å². The second-order valence-corrected chi connectivity index (χ2v) is 6.24. The molecule has 132 valence electrons. The van der Waals surface area contributed by atoms with Crippen molar-refractivity contribution in [3.8, 4) is 11.5 Å². The maximum atomic E-state index is 6.33. The molecule has 5 heteroatoms. The predicted octanol–water partition coefficient (Wildman–Crippen LogP) is 5.34. The molecule has 0 aliphatic carbocycles. The number of hydrogen-bond donors (Lipinski definition) is 1. The molecule has 3 rings (SSSR count). The van der Waals surface area contributed by atoms with E-state index in [0.717, 1.165) is 22.3 Å². The van der Waals surface area contributed by atoms with Crippen molar-refractivity contribution >= 4 is 22.6 Å². The molecule has 1 atom stereocenters. The van der Waals surface area contributed by atoms with Gasteiger partial charge in [0.05, 0.1) is 24.8 Å². The van der Waals surface area contributed by atoms with Crippen molar-refractivity contribution in [1.29, 1.82) is 0 Å². The van der Waals surface area contributed by atoms with Gasteiger partial charge in [-0.25, -0.2) is 0 Å². The van der Waals surface area contributed by atoms with Crippen molar-refractivity contribution < 1.29 is 13.9 Å². The van der Waals surface area contributed by atoms with Gasteiger partial charge in [0.25, 0.3) is 0 Å².